The third-order valence-electron chi connectivity index (χ3n) is 3.38. The predicted octanol–water partition coefficient (Wildman–Crippen LogP) is 5.61. The molecule has 0 atom stereocenters. The average Bonchev–Trinajstić information content (AvgIpc) is 2.18. The smallest absolute Gasteiger partial charge is 0.309 e. The quantitative estimate of drug-likeness (QED) is 0.702. The van der Waals surface area contributed by atoms with E-state index >= 15 is 0 Å². The summed E-state index contributed by atoms with van der Waals surface area (Å²) in [4.78, 5) is 10.3. The molecule has 0 aliphatic heterocycles. The molecule has 0 radical (unpaired) electrons. The molecule has 108 valence electrons. The standard InChI is InChI=1S/C7H16.C6H12O2.2CH4/c1-5-7(3,4)6-2;1-4-6(2,3)5(7)8;;/h5-6H2,1-4H3;4H2,1-3H3,(H,7,8);2*1H4. The van der Waals surface area contributed by atoms with Gasteiger partial charge < -0.3 is 5.11 Å². The van der Waals surface area contributed by atoms with Crippen molar-refractivity contribution in [1.29, 1.82) is 0 Å². The Labute approximate surface area is 110 Å². The summed E-state index contributed by atoms with van der Waals surface area (Å²) in [5.74, 6) is -0.722. The Morgan fingerprint density at radius 2 is 1.18 bits per heavy atom. The van der Waals surface area contributed by atoms with Crippen molar-refractivity contribution in [3.8, 4) is 0 Å². The van der Waals surface area contributed by atoms with Crippen molar-refractivity contribution >= 4 is 5.97 Å². The van der Waals surface area contributed by atoms with E-state index in [0.29, 0.717) is 11.8 Å². The van der Waals surface area contributed by atoms with E-state index in [0.717, 1.165) is 0 Å². The van der Waals surface area contributed by atoms with Gasteiger partial charge in [0.1, 0.15) is 0 Å². The highest BCUT2D eigenvalue weighted by molar-refractivity contribution is 5.73. The zero-order valence-electron chi connectivity index (χ0n) is 11.5. The number of aliphatic carboxylic acids is 1. The molecule has 0 rings (SSSR count). The highest BCUT2D eigenvalue weighted by atomic mass is 16.4. The van der Waals surface area contributed by atoms with Crippen LogP contribution in [0.2, 0.25) is 0 Å². The fourth-order valence-corrected chi connectivity index (χ4v) is 0.401. The maximum absolute atomic E-state index is 10.3. The van der Waals surface area contributed by atoms with Gasteiger partial charge in [0.05, 0.1) is 5.41 Å². The summed E-state index contributed by atoms with van der Waals surface area (Å²) in [5.41, 5.74) is 0.0417. The van der Waals surface area contributed by atoms with E-state index < -0.39 is 11.4 Å². The molecular formula is C15H36O2. The van der Waals surface area contributed by atoms with Crippen molar-refractivity contribution in [1.82, 2.24) is 0 Å². The molecule has 1 N–H and O–H groups in total. The van der Waals surface area contributed by atoms with Crippen LogP contribution < -0.4 is 0 Å². The molecule has 0 saturated heterocycles. The van der Waals surface area contributed by atoms with Gasteiger partial charge in [-0.3, -0.25) is 4.79 Å². The molecule has 0 aromatic heterocycles. The number of hydrogen-bond donors (Lipinski definition) is 1. The van der Waals surface area contributed by atoms with E-state index in [-0.39, 0.29) is 14.9 Å². The predicted molar refractivity (Wildman–Crippen MR) is 79.5 cm³/mol. The summed E-state index contributed by atoms with van der Waals surface area (Å²) < 4.78 is 0. The van der Waals surface area contributed by atoms with Crippen LogP contribution in [0.15, 0.2) is 0 Å². The molecule has 0 amide bonds. The molecule has 2 nitrogen and oxygen atoms in total. The van der Waals surface area contributed by atoms with E-state index in [2.05, 4.69) is 27.7 Å². The molecule has 0 unspecified atom stereocenters. The summed E-state index contributed by atoms with van der Waals surface area (Å²) in [6.07, 6.45) is 3.27. The average molecular weight is 248 g/mol. The molecule has 2 heteroatoms. The molecule has 0 aliphatic carbocycles. The number of carboxylic acids is 1. The van der Waals surface area contributed by atoms with Gasteiger partial charge in [-0.15, -0.1) is 0 Å². The van der Waals surface area contributed by atoms with Gasteiger partial charge in [0.2, 0.25) is 0 Å². The first-order chi connectivity index (χ1) is 6.63. The summed E-state index contributed by atoms with van der Waals surface area (Å²) in [6.45, 7) is 14.4. The Morgan fingerprint density at radius 3 is 1.18 bits per heavy atom. The van der Waals surface area contributed by atoms with Crippen molar-refractivity contribution in [2.75, 3.05) is 0 Å². The Hall–Kier alpha value is -0.530. The second kappa shape index (κ2) is 10.6. The lowest BCUT2D eigenvalue weighted by Gasteiger charge is -2.18. The summed E-state index contributed by atoms with van der Waals surface area (Å²) >= 11 is 0. The van der Waals surface area contributed by atoms with Crippen molar-refractivity contribution < 1.29 is 9.90 Å². The number of carbonyl (C=O) groups is 1. The van der Waals surface area contributed by atoms with Crippen molar-refractivity contribution in [3.63, 3.8) is 0 Å². The first-order valence-electron chi connectivity index (χ1n) is 5.86. The van der Waals surface area contributed by atoms with E-state index in [1.807, 2.05) is 6.92 Å². The van der Waals surface area contributed by atoms with Crippen LogP contribution >= 0.6 is 0 Å². The molecule has 0 fully saturated rings. The highest BCUT2D eigenvalue weighted by Crippen LogP contribution is 2.22. The lowest BCUT2D eigenvalue weighted by atomic mass is 9.88. The largest absolute Gasteiger partial charge is 0.481 e. The Kier molecular flexibility index (Phi) is 15.8. The SMILES string of the molecule is C.C.CCC(C)(C)C(=O)O.CCC(C)(C)CC. The van der Waals surface area contributed by atoms with Gasteiger partial charge in [-0.2, -0.15) is 0 Å². The van der Waals surface area contributed by atoms with Gasteiger partial charge in [-0.1, -0.05) is 62.3 Å². The Bertz CT molecular complexity index is 175. The summed E-state index contributed by atoms with van der Waals surface area (Å²) in [7, 11) is 0. The zero-order valence-corrected chi connectivity index (χ0v) is 11.5. The van der Waals surface area contributed by atoms with Crippen LogP contribution in [0.3, 0.4) is 0 Å². The number of carboxylic acid groups (broad SMARTS) is 1. The van der Waals surface area contributed by atoms with E-state index in [1.165, 1.54) is 12.8 Å². The second-order valence-corrected chi connectivity index (χ2v) is 5.41. The topological polar surface area (TPSA) is 37.3 Å². The first kappa shape index (κ1) is 25.3. The molecule has 0 saturated carbocycles. The summed E-state index contributed by atoms with van der Waals surface area (Å²) in [6, 6.07) is 0. The third-order valence-corrected chi connectivity index (χ3v) is 3.38. The minimum Gasteiger partial charge on any atom is -0.481 e. The third kappa shape index (κ3) is 13.4. The van der Waals surface area contributed by atoms with Gasteiger partial charge in [-0.05, 0) is 25.7 Å². The van der Waals surface area contributed by atoms with Crippen LogP contribution in [0, 0.1) is 10.8 Å². The number of rotatable bonds is 4. The highest BCUT2D eigenvalue weighted by Gasteiger charge is 2.23. The molecule has 17 heavy (non-hydrogen) atoms. The number of hydrogen-bond acceptors (Lipinski definition) is 1. The van der Waals surface area contributed by atoms with Gasteiger partial charge in [0.15, 0.2) is 0 Å². The van der Waals surface area contributed by atoms with Crippen LogP contribution in [-0.2, 0) is 4.79 Å². The Morgan fingerprint density at radius 1 is 0.882 bits per heavy atom. The van der Waals surface area contributed by atoms with Gasteiger partial charge in [0.25, 0.3) is 0 Å². The monoisotopic (exact) mass is 248 g/mol. The first-order valence-corrected chi connectivity index (χ1v) is 5.86. The van der Waals surface area contributed by atoms with E-state index in [4.69, 9.17) is 5.11 Å². The fourth-order valence-electron chi connectivity index (χ4n) is 0.401. The molecule has 0 aromatic carbocycles. The van der Waals surface area contributed by atoms with Crippen LogP contribution in [-0.4, -0.2) is 11.1 Å². The van der Waals surface area contributed by atoms with Crippen LogP contribution in [0.25, 0.3) is 0 Å². The van der Waals surface area contributed by atoms with Gasteiger partial charge in [-0.25, -0.2) is 0 Å². The minimum atomic E-state index is -0.722. The van der Waals surface area contributed by atoms with Crippen LogP contribution in [0.4, 0.5) is 0 Å². The van der Waals surface area contributed by atoms with Crippen molar-refractivity contribution in [3.05, 3.63) is 0 Å². The van der Waals surface area contributed by atoms with Crippen molar-refractivity contribution in [2.24, 2.45) is 10.8 Å². The molecule has 0 spiro atoms. The molecule has 0 heterocycles. The lowest BCUT2D eigenvalue weighted by Crippen LogP contribution is -2.21. The van der Waals surface area contributed by atoms with Crippen molar-refractivity contribution in [2.45, 2.75) is 82.6 Å². The lowest BCUT2D eigenvalue weighted by molar-refractivity contribution is -0.147. The van der Waals surface area contributed by atoms with E-state index in [9.17, 15) is 4.79 Å². The second-order valence-electron chi connectivity index (χ2n) is 5.41. The fraction of sp³-hybridized carbons (Fsp3) is 0.933. The summed E-state index contributed by atoms with van der Waals surface area (Å²) in [5, 5.41) is 8.44. The van der Waals surface area contributed by atoms with Gasteiger partial charge in [0, 0.05) is 0 Å². The molecule has 0 bridgehead atoms. The Balaban J connectivity index is -0.0000000896. The van der Waals surface area contributed by atoms with Crippen LogP contribution in [0.1, 0.15) is 82.6 Å². The molecule has 0 aliphatic rings. The molecular weight excluding hydrogens is 212 g/mol. The maximum Gasteiger partial charge on any atom is 0.309 e. The van der Waals surface area contributed by atoms with E-state index in [1.54, 1.807) is 13.8 Å². The molecule has 0 aromatic rings. The minimum absolute atomic E-state index is 0. The van der Waals surface area contributed by atoms with Crippen LogP contribution in [0.5, 0.6) is 0 Å². The van der Waals surface area contributed by atoms with Gasteiger partial charge >= 0.3 is 5.97 Å². The normalized spacial score (nSPS) is 10.3. The maximum atomic E-state index is 10.3. The zero-order chi connectivity index (χ0) is 12.7.